The van der Waals surface area contributed by atoms with Crippen LogP contribution in [0.4, 0.5) is 0 Å². The molecule has 1 unspecified atom stereocenters. The van der Waals surface area contributed by atoms with Crippen LogP contribution in [0.2, 0.25) is 0 Å². The second-order valence-corrected chi connectivity index (χ2v) is 10.5. The highest BCUT2D eigenvalue weighted by atomic mass is 16.4. The molecule has 0 aliphatic heterocycles. The summed E-state index contributed by atoms with van der Waals surface area (Å²) in [7, 11) is 5.86. The van der Waals surface area contributed by atoms with Crippen LogP contribution in [0.15, 0.2) is 0 Å². The molecule has 0 radical (unpaired) electrons. The van der Waals surface area contributed by atoms with E-state index in [1.54, 1.807) is 0 Å². The average molecular weight is 398 g/mol. The number of nitrogens with zero attached hydrogens (tertiary/aromatic N) is 1. The van der Waals surface area contributed by atoms with Crippen molar-refractivity contribution in [1.29, 1.82) is 0 Å². The second kappa shape index (κ2) is 15.3. The third-order valence-electron chi connectivity index (χ3n) is 6.16. The Balaban J connectivity index is 3.62. The van der Waals surface area contributed by atoms with Crippen LogP contribution in [0.5, 0.6) is 0 Å². The molecule has 3 nitrogen and oxygen atoms in total. The number of carboxylic acid groups (broad SMARTS) is 1. The zero-order chi connectivity index (χ0) is 21.5. The maximum Gasteiger partial charge on any atom is 0.134 e. The highest BCUT2D eigenvalue weighted by molar-refractivity contribution is 5.70. The molecule has 0 spiro atoms. The SMILES string of the molecule is CCCCCCCCCCCCCCCCCC(C)(C)C(C(=O)[O-])[N+](C)(C)C. The molecule has 168 valence electrons. The number of likely N-dealkylation sites (N-methyl/N-ethyl adjacent to an activating group) is 1. The summed E-state index contributed by atoms with van der Waals surface area (Å²) in [5, 5.41) is 11.6. The first-order chi connectivity index (χ1) is 13.1. The monoisotopic (exact) mass is 397 g/mol. The minimum atomic E-state index is -0.918. The number of hydrogen-bond acceptors (Lipinski definition) is 2. The lowest BCUT2D eigenvalue weighted by atomic mass is 9.78. The molecule has 0 saturated heterocycles. The first-order valence-corrected chi connectivity index (χ1v) is 12.1. The third-order valence-corrected chi connectivity index (χ3v) is 6.16. The van der Waals surface area contributed by atoms with Gasteiger partial charge in [0.1, 0.15) is 6.04 Å². The minimum Gasteiger partial charge on any atom is -0.544 e. The summed E-state index contributed by atoms with van der Waals surface area (Å²) in [5.41, 5.74) is -0.229. The van der Waals surface area contributed by atoms with E-state index in [9.17, 15) is 9.90 Å². The number of carbonyl (C=O) groups excluding carboxylic acids is 1. The molecule has 0 aromatic carbocycles. The summed E-state index contributed by atoms with van der Waals surface area (Å²) in [6.45, 7) is 6.45. The fourth-order valence-corrected chi connectivity index (χ4v) is 4.77. The highest BCUT2D eigenvalue weighted by Gasteiger charge is 2.39. The van der Waals surface area contributed by atoms with E-state index in [-0.39, 0.29) is 5.41 Å². The normalized spacial score (nSPS) is 13.6. The number of rotatable bonds is 19. The van der Waals surface area contributed by atoms with Gasteiger partial charge in [0.05, 0.1) is 27.1 Å². The Morgan fingerprint density at radius 2 is 1.04 bits per heavy atom. The molecule has 0 fully saturated rings. The van der Waals surface area contributed by atoms with Crippen LogP contribution < -0.4 is 5.11 Å². The quantitative estimate of drug-likeness (QED) is 0.195. The highest BCUT2D eigenvalue weighted by Crippen LogP contribution is 2.33. The van der Waals surface area contributed by atoms with Crippen molar-refractivity contribution in [1.82, 2.24) is 0 Å². The van der Waals surface area contributed by atoms with Crippen LogP contribution in [-0.2, 0) is 4.79 Å². The van der Waals surface area contributed by atoms with Gasteiger partial charge in [0.15, 0.2) is 0 Å². The number of hydrogen-bond donors (Lipinski definition) is 0. The van der Waals surface area contributed by atoms with Gasteiger partial charge in [-0.05, 0) is 6.42 Å². The van der Waals surface area contributed by atoms with Crippen LogP contribution in [0.3, 0.4) is 0 Å². The third kappa shape index (κ3) is 13.6. The van der Waals surface area contributed by atoms with Crippen LogP contribution in [0.25, 0.3) is 0 Å². The first-order valence-electron chi connectivity index (χ1n) is 12.1. The lowest BCUT2D eigenvalue weighted by molar-refractivity contribution is -0.896. The summed E-state index contributed by atoms with van der Waals surface area (Å²) in [6.07, 6.45) is 21.4. The van der Waals surface area contributed by atoms with E-state index in [1.165, 1.54) is 89.9 Å². The lowest BCUT2D eigenvalue weighted by Crippen LogP contribution is -2.61. The van der Waals surface area contributed by atoms with Gasteiger partial charge in [0.25, 0.3) is 0 Å². The fourth-order valence-electron chi connectivity index (χ4n) is 4.77. The summed E-state index contributed by atoms with van der Waals surface area (Å²) in [6, 6.07) is -0.459. The Morgan fingerprint density at radius 3 is 1.32 bits per heavy atom. The molecule has 0 saturated carbocycles. The van der Waals surface area contributed by atoms with Crippen molar-refractivity contribution in [3.8, 4) is 0 Å². The summed E-state index contributed by atoms with van der Waals surface area (Å²) < 4.78 is 0.425. The van der Waals surface area contributed by atoms with Gasteiger partial charge < -0.3 is 14.4 Å². The Labute approximate surface area is 176 Å². The lowest BCUT2D eigenvalue weighted by Gasteiger charge is -2.44. The van der Waals surface area contributed by atoms with Crippen LogP contribution in [-0.4, -0.2) is 37.6 Å². The molecule has 0 bridgehead atoms. The summed E-state index contributed by atoms with van der Waals surface area (Å²) >= 11 is 0. The van der Waals surface area contributed by atoms with Gasteiger partial charge in [0, 0.05) is 5.41 Å². The maximum atomic E-state index is 11.6. The fraction of sp³-hybridized carbons (Fsp3) is 0.960. The second-order valence-electron chi connectivity index (χ2n) is 10.5. The molecule has 0 amide bonds. The van der Waals surface area contributed by atoms with Gasteiger partial charge >= 0.3 is 0 Å². The minimum absolute atomic E-state index is 0.229. The van der Waals surface area contributed by atoms with E-state index in [2.05, 4.69) is 20.8 Å². The standard InChI is InChI=1S/C25H51NO2/c1-7-8-9-10-11-12-13-14-15-16-17-18-19-20-21-22-25(2,3)23(24(27)28)26(4,5)6/h23H,7-22H2,1-6H3. The van der Waals surface area contributed by atoms with Crippen molar-refractivity contribution < 1.29 is 14.4 Å². The Kier molecular flexibility index (Phi) is 15.0. The molecule has 3 heteroatoms. The molecular weight excluding hydrogens is 346 g/mol. The van der Waals surface area contributed by atoms with Gasteiger partial charge in [-0.1, -0.05) is 117 Å². The van der Waals surface area contributed by atoms with Crippen molar-refractivity contribution >= 4 is 5.97 Å². The average Bonchev–Trinajstić information content (AvgIpc) is 2.56. The number of quaternary nitrogens is 1. The number of carbonyl (C=O) groups is 1. The van der Waals surface area contributed by atoms with Crippen molar-refractivity contribution in [2.75, 3.05) is 21.1 Å². The molecular formula is C25H51NO2. The van der Waals surface area contributed by atoms with Crippen LogP contribution in [0.1, 0.15) is 124 Å². The van der Waals surface area contributed by atoms with Crippen molar-refractivity contribution in [3.05, 3.63) is 0 Å². The molecule has 0 rings (SSSR count). The molecule has 1 atom stereocenters. The van der Waals surface area contributed by atoms with Gasteiger partial charge in [0.2, 0.25) is 0 Å². The van der Waals surface area contributed by atoms with E-state index in [4.69, 9.17) is 0 Å². The van der Waals surface area contributed by atoms with Crippen molar-refractivity contribution in [2.45, 2.75) is 130 Å². The topological polar surface area (TPSA) is 40.1 Å². The Morgan fingerprint density at radius 1 is 0.714 bits per heavy atom. The predicted molar refractivity (Wildman–Crippen MR) is 120 cm³/mol. The first kappa shape index (κ1) is 27.4. The maximum absolute atomic E-state index is 11.6. The van der Waals surface area contributed by atoms with Gasteiger partial charge in [-0.25, -0.2) is 0 Å². The van der Waals surface area contributed by atoms with E-state index in [0.717, 1.165) is 12.8 Å². The number of carboxylic acids is 1. The molecule has 0 N–H and O–H groups in total. The van der Waals surface area contributed by atoms with E-state index in [0.29, 0.717) is 4.48 Å². The zero-order valence-corrected chi connectivity index (χ0v) is 20.2. The van der Waals surface area contributed by atoms with Gasteiger partial charge in [-0.3, -0.25) is 0 Å². The Bertz CT molecular complexity index is 384. The van der Waals surface area contributed by atoms with Crippen LogP contribution in [0, 0.1) is 5.41 Å². The van der Waals surface area contributed by atoms with Crippen LogP contribution >= 0.6 is 0 Å². The van der Waals surface area contributed by atoms with Gasteiger partial charge in [-0.2, -0.15) is 0 Å². The smallest absolute Gasteiger partial charge is 0.134 e. The summed E-state index contributed by atoms with van der Waals surface area (Å²) in [5.74, 6) is -0.918. The number of unbranched alkanes of at least 4 members (excludes halogenated alkanes) is 14. The van der Waals surface area contributed by atoms with E-state index in [1.807, 2.05) is 21.1 Å². The predicted octanol–water partition coefficient (Wildman–Crippen LogP) is 6.10. The van der Waals surface area contributed by atoms with E-state index >= 15 is 0 Å². The summed E-state index contributed by atoms with van der Waals surface area (Å²) in [4.78, 5) is 11.6. The molecule has 0 aromatic rings. The van der Waals surface area contributed by atoms with Crippen molar-refractivity contribution in [2.24, 2.45) is 5.41 Å². The number of aliphatic carboxylic acids is 1. The van der Waals surface area contributed by atoms with E-state index < -0.39 is 12.0 Å². The molecule has 28 heavy (non-hydrogen) atoms. The largest absolute Gasteiger partial charge is 0.544 e. The molecule has 0 heterocycles. The van der Waals surface area contributed by atoms with Crippen molar-refractivity contribution in [3.63, 3.8) is 0 Å². The molecule has 0 aromatic heterocycles. The van der Waals surface area contributed by atoms with Gasteiger partial charge in [-0.15, -0.1) is 0 Å². The molecule has 0 aliphatic rings. The Hall–Kier alpha value is -0.570. The zero-order valence-electron chi connectivity index (χ0n) is 20.2. The molecule has 0 aliphatic carbocycles.